The highest BCUT2D eigenvalue weighted by molar-refractivity contribution is 7.89. The van der Waals surface area contributed by atoms with Gasteiger partial charge in [0.05, 0.1) is 10.9 Å². The molecule has 2 aromatic carbocycles. The molecule has 0 spiro atoms. The predicted octanol–water partition coefficient (Wildman–Crippen LogP) is 5.19. The summed E-state index contributed by atoms with van der Waals surface area (Å²) in [5, 5.41) is 5.63. The summed E-state index contributed by atoms with van der Waals surface area (Å²) >= 11 is 0. The van der Waals surface area contributed by atoms with Gasteiger partial charge < -0.3 is 13.7 Å². The first-order chi connectivity index (χ1) is 16.4. The quantitative estimate of drug-likeness (QED) is 0.361. The summed E-state index contributed by atoms with van der Waals surface area (Å²) in [4.78, 5) is 16.0. The van der Waals surface area contributed by atoms with Gasteiger partial charge >= 0.3 is 0 Å². The van der Waals surface area contributed by atoms with E-state index in [-0.39, 0.29) is 10.8 Å². The Balaban J connectivity index is 1.47. The van der Waals surface area contributed by atoms with Crippen LogP contribution in [0, 0.1) is 5.92 Å². The number of nitrogens with zero attached hydrogens (tertiary/aromatic N) is 2. The molecule has 9 heteroatoms. The Morgan fingerprint density at radius 1 is 1.03 bits per heavy atom. The summed E-state index contributed by atoms with van der Waals surface area (Å²) in [7, 11) is -3.87. The number of aromatic nitrogens is 2. The normalized spacial score (nSPS) is 16.4. The summed E-state index contributed by atoms with van der Waals surface area (Å²) in [6.07, 6.45) is 6.41. The van der Waals surface area contributed by atoms with Crippen LogP contribution in [0.15, 0.2) is 50.2 Å². The number of carbonyl (C=O) groups excluding carboxylic acids is 1. The van der Waals surface area contributed by atoms with Crippen molar-refractivity contribution in [1.29, 1.82) is 0 Å². The topological polar surface area (TPSA) is 115 Å². The average molecular weight is 482 g/mol. The second kappa shape index (κ2) is 8.96. The molecule has 0 aliphatic heterocycles. The number of hydrogen-bond acceptors (Lipinski definition) is 7. The fourth-order valence-corrected chi connectivity index (χ4v) is 5.84. The molecule has 1 aliphatic carbocycles. The maximum absolute atomic E-state index is 12.9. The standard InChI is InChI=1S/C25H27N3O5S/c1-15(2)21(14-29)28-34(30,31)18-9-11-22-20(13-18)19-10-8-17(12-23(19)32-22)24-26-25(33-27-24)16-6-4-3-5-7-16/h8-16,21,28H,3-7H2,1-2H3/t21-/m0/s1. The number of sulfonamides is 1. The minimum Gasteiger partial charge on any atom is -0.456 e. The summed E-state index contributed by atoms with van der Waals surface area (Å²) < 4.78 is 39.7. The predicted molar refractivity (Wildman–Crippen MR) is 128 cm³/mol. The Labute approximate surface area is 197 Å². The molecule has 1 aliphatic rings. The van der Waals surface area contributed by atoms with Crippen LogP contribution in [0.25, 0.3) is 33.3 Å². The first-order valence-corrected chi connectivity index (χ1v) is 13.1. The van der Waals surface area contributed by atoms with Crippen LogP contribution in [0.1, 0.15) is 57.8 Å². The highest BCUT2D eigenvalue weighted by Gasteiger charge is 2.24. The molecule has 2 heterocycles. The number of benzene rings is 2. The van der Waals surface area contributed by atoms with Crippen LogP contribution in [-0.4, -0.2) is 30.9 Å². The Kier molecular flexibility index (Phi) is 5.99. The third-order valence-corrected chi connectivity index (χ3v) is 8.02. The van der Waals surface area contributed by atoms with Gasteiger partial charge in [-0.1, -0.05) is 44.3 Å². The maximum atomic E-state index is 12.9. The van der Waals surface area contributed by atoms with Gasteiger partial charge in [-0.3, -0.25) is 0 Å². The fourth-order valence-electron chi connectivity index (χ4n) is 4.50. The summed E-state index contributed by atoms with van der Waals surface area (Å²) in [5.74, 6) is 1.38. The maximum Gasteiger partial charge on any atom is 0.241 e. The molecular weight excluding hydrogens is 454 g/mol. The van der Waals surface area contributed by atoms with E-state index in [2.05, 4.69) is 14.9 Å². The largest absolute Gasteiger partial charge is 0.456 e. The van der Waals surface area contributed by atoms with Crippen molar-refractivity contribution in [3.8, 4) is 11.4 Å². The van der Waals surface area contributed by atoms with E-state index in [0.717, 1.165) is 23.8 Å². The number of furan rings is 1. The van der Waals surface area contributed by atoms with Crippen LogP contribution >= 0.6 is 0 Å². The van der Waals surface area contributed by atoms with Gasteiger partial charge in [-0.15, -0.1) is 0 Å². The number of fused-ring (bicyclic) bond motifs is 3. The van der Waals surface area contributed by atoms with Crippen molar-refractivity contribution >= 4 is 38.2 Å². The SMILES string of the molecule is CC(C)[C@H](C=O)NS(=O)(=O)c1ccc2oc3cc(-c4noc(C5CCCCC5)n4)ccc3c2c1. The van der Waals surface area contributed by atoms with Crippen molar-refractivity contribution in [2.24, 2.45) is 5.92 Å². The smallest absolute Gasteiger partial charge is 0.241 e. The summed E-state index contributed by atoms with van der Waals surface area (Å²) in [6, 6.07) is 9.49. The van der Waals surface area contributed by atoms with Gasteiger partial charge in [-0.2, -0.15) is 4.98 Å². The minimum atomic E-state index is -3.87. The first kappa shape index (κ1) is 22.7. The summed E-state index contributed by atoms with van der Waals surface area (Å²) in [5.41, 5.74) is 1.95. The number of aldehydes is 1. The molecule has 1 fully saturated rings. The molecule has 8 nitrogen and oxygen atoms in total. The van der Waals surface area contributed by atoms with Gasteiger partial charge in [0.25, 0.3) is 0 Å². The second-order valence-corrected chi connectivity index (χ2v) is 11.0. The van der Waals surface area contributed by atoms with Gasteiger partial charge in [0, 0.05) is 22.3 Å². The molecule has 34 heavy (non-hydrogen) atoms. The lowest BCUT2D eigenvalue weighted by Gasteiger charge is -2.17. The Bertz CT molecular complexity index is 1450. The van der Waals surface area contributed by atoms with E-state index in [4.69, 9.17) is 8.94 Å². The minimum absolute atomic E-state index is 0.0783. The highest BCUT2D eigenvalue weighted by Crippen LogP contribution is 2.35. The molecule has 2 aromatic heterocycles. The van der Waals surface area contributed by atoms with E-state index in [1.807, 2.05) is 18.2 Å². The van der Waals surface area contributed by atoms with E-state index in [9.17, 15) is 13.2 Å². The van der Waals surface area contributed by atoms with Crippen LogP contribution < -0.4 is 4.72 Å². The molecule has 0 bridgehead atoms. The zero-order valence-corrected chi connectivity index (χ0v) is 20.0. The lowest BCUT2D eigenvalue weighted by molar-refractivity contribution is -0.110. The van der Waals surface area contributed by atoms with Crippen molar-refractivity contribution in [2.75, 3.05) is 0 Å². The van der Waals surface area contributed by atoms with Crippen LogP contribution in [0.5, 0.6) is 0 Å². The molecule has 178 valence electrons. The Hall–Kier alpha value is -3.04. The van der Waals surface area contributed by atoms with Gasteiger partial charge in [0.15, 0.2) is 0 Å². The van der Waals surface area contributed by atoms with Gasteiger partial charge in [0.2, 0.25) is 21.7 Å². The van der Waals surface area contributed by atoms with Crippen LogP contribution in [-0.2, 0) is 14.8 Å². The highest BCUT2D eigenvalue weighted by atomic mass is 32.2. The number of carbonyl (C=O) groups is 1. The number of nitrogens with one attached hydrogen (secondary N) is 1. The lowest BCUT2D eigenvalue weighted by Crippen LogP contribution is -2.39. The van der Waals surface area contributed by atoms with Crippen LogP contribution in [0.3, 0.4) is 0 Å². The van der Waals surface area contributed by atoms with Crippen molar-refractivity contribution in [3.05, 3.63) is 42.3 Å². The zero-order chi connectivity index (χ0) is 23.9. The number of rotatable bonds is 7. The van der Waals surface area contributed by atoms with Gasteiger partial charge in [0.1, 0.15) is 17.5 Å². The molecule has 1 saturated carbocycles. The number of hydrogen-bond donors (Lipinski definition) is 1. The third kappa shape index (κ3) is 4.25. The molecule has 0 unspecified atom stereocenters. The monoisotopic (exact) mass is 481 g/mol. The van der Waals surface area contributed by atoms with Crippen LogP contribution in [0.4, 0.5) is 0 Å². The molecule has 0 saturated heterocycles. The molecule has 4 aromatic rings. The zero-order valence-electron chi connectivity index (χ0n) is 19.2. The lowest BCUT2D eigenvalue weighted by atomic mass is 9.89. The van der Waals surface area contributed by atoms with E-state index in [1.54, 1.807) is 26.0 Å². The van der Waals surface area contributed by atoms with Crippen molar-refractivity contribution in [1.82, 2.24) is 14.9 Å². The average Bonchev–Trinajstić information content (AvgIpc) is 3.47. The van der Waals surface area contributed by atoms with E-state index in [1.165, 1.54) is 25.3 Å². The summed E-state index contributed by atoms with van der Waals surface area (Å²) in [6.45, 7) is 3.57. The molecule has 0 radical (unpaired) electrons. The van der Waals surface area contributed by atoms with Crippen LogP contribution in [0.2, 0.25) is 0 Å². The molecular formula is C25H27N3O5S. The van der Waals surface area contributed by atoms with Crippen molar-refractivity contribution in [2.45, 2.75) is 62.8 Å². The molecule has 5 rings (SSSR count). The van der Waals surface area contributed by atoms with Gasteiger partial charge in [-0.05, 0) is 49.1 Å². The van der Waals surface area contributed by atoms with Crippen molar-refractivity contribution in [3.63, 3.8) is 0 Å². The Morgan fingerprint density at radius 2 is 1.82 bits per heavy atom. The molecule has 0 amide bonds. The Morgan fingerprint density at radius 3 is 2.56 bits per heavy atom. The molecule has 1 atom stereocenters. The van der Waals surface area contributed by atoms with E-state index >= 15 is 0 Å². The van der Waals surface area contributed by atoms with E-state index < -0.39 is 16.1 Å². The van der Waals surface area contributed by atoms with Gasteiger partial charge in [-0.25, -0.2) is 13.1 Å². The van der Waals surface area contributed by atoms with E-state index in [0.29, 0.717) is 40.5 Å². The van der Waals surface area contributed by atoms with Crippen molar-refractivity contribution < 1.29 is 22.2 Å². The fraction of sp³-hybridized carbons (Fsp3) is 0.400. The second-order valence-electron chi connectivity index (χ2n) is 9.29. The molecule has 1 N–H and O–H groups in total. The first-order valence-electron chi connectivity index (χ1n) is 11.6. The third-order valence-electron chi connectivity index (χ3n) is 6.56.